The van der Waals surface area contributed by atoms with E-state index < -0.39 is 30.4 Å². The highest BCUT2D eigenvalue weighted by atomic mass is 16.4. The molecule has 3 N–H and O–H groups in total. The van der Waals surface area contributed by atoms with E-state index in [-0.39, 0.29) is 0 Å². The number of hydrogen-bond acceptors (Lipinski definition) is 3. The lowest BCUT2D eigenvalue weighted by molar-refractivity contribution is -0.145. The number of amides is 2. The van der Waals surface area contributed by atoms with Crippen molar-refractivity contribution < 1.29 is 24.6 Å². The first-order valence-corrected chi connectivity index (χ1v) is 6.44. The van der Waals surface area contributed by atoms with Crippen molar-refractivity contribution in [3.8, 4) is 0 Å². The van der Waals surface area contributed by atoms with Gasteiger partial charge in [0.05, 0.1) is 6.42 Å². The predicted octanol–water partition coefficient (Wildman–Crippen LogP) is 0.746. The largest absolute Gasteiger partial charge is 0.481 e. The number of carbonyl (C=O) groups is 3. The molecule has 108 valence electrons. The van der Waals surface area contributed by atoms with Gasteiger partial charge in [0.2, 0.25) is 0 Å². The number of carbonyl (C=O) groups excluding carboxylic acids is 1. The maximum Gasteiger partial charge on any atom is 0.326 e. The highest BCUT2D eigenvalue weighted by Crippen LogP contribution is 2.29. The van der Waals surface area contributed by atoms with Crippen LogP contribution >= 0.6 is 0 Å². The number of aliphatic carboxylic acids is 2. The summed E-state index contributed by atoms with van der Waals surface area (Å²) in [4.78, 5) is 35.0. The summed E-state index contributed by atoms with van der Waals surface area (Å²) in [6.45, 7) is 3.08. The quantitative estimate of drug-likeness (QED) is 0.604. The van der Waals surface area contributed by atoms with Gasteiger partial charge in [-0.25, -0.2) is 9.59 Å². The number of urea groups is 1. The molecule has 0 unspecified atom stereocenters. The molecule has 1 aliphatic rings. The molecule has 2 amide bonds. The monoisotopic (exact) mass is 272 g/mol. The molecular formula is C12H20N2O5. The van der Waals surface area contributed by atoms with E-state index in [2.05, 4.69) is 5.32 Å². The number of nitrogens with one attached hydrogen (secondary N) is 1. The fourth-order valence-electron chi connectivity index (χ4n) is 1.77. The fraction of sp³-hybridized carbons (Fsp3) is 0.750. The molecular weight excluding hydrogens is 252 g/mol. The molecule has 1 saturated carbocycles. The van der Waals surface area contributed by atoms with Crippen molar-refractivity contribution in [2.75, 3.05) is 13.1 Å². The third kappa shape index (κ3) is 5.58. The van der Waals surface area contributed by atoms with Crippen LogP contribution in [0.1, 0.15) is 32.6 Å². The number of nitrogens with zero attached hydrogens (tertiary/aromatic N) is 1. The second kappa shape index (κ2) is 6.96. The molecule has 7 nitrogen and oxygen atoms in total. The molecule has 0 saturated heterocycles. The second-order valence-electron chi connectivity index (χ2n) is 4.83. The lowest BCUT2D eigenvalue weighted by atomic mass is 10.2. The number of carboxylic acid groups (broad SMARTS) is 2. The predicted molar refractivity (Wildman–Crippen MR) is 66.8 cm³/mol. The summed E-state index contributed by atoms with van der Waals surface area (Å²) in [5.74, 6) is -2.09. The average Bonchev–Trinajstić information content (AvgIpc) is 3.10. The van der Waals surface area contributed by atoms with Crippen LogP contribution in [0.3, 0.4) is 0 Å². The van der Waals surface area contributed by atoms with Crippen LogP contribution < -0.4 is 5.32 Å². The summed E-state index contributed by atoms with van der Waals surface area (Å²) in [7, 11) is 0. The minimum Gasteiger partial charge on any atom is -0.481 e. The van der Waals surface area contributed by atoms with Gasteiger partial charge in [-0.15, -0.1) is 0 Å². The maximum absolute atomic E-state index is 12.0. The Morgan fingerprint density at radius 3 is 2.37 bits per heavy atom. The molecule has 0 aromatic heterocycles. The standard InChI is InChI=1S/C12H20N2O5/c1-2-5-14(7-8-3-4-8)12(19)13-9(11(17)18)6-10(15)16/h8-9H,2-7H2,1H3,(H,13,19)(H,15,16)(H,17,18)/t9-/m0/s1. The first-order chi connectivity index (χ1) is 8.93. The Hall–Kier alpha value is -1.79. The Balaban J connectivity index is 2.55. The first kappa shape index (κ1) is 15.3. The van der Waals surface area contributed by atoms with Gasteiger partial charge < -0.3 is 20.4 Å². The van der Waals surface area contributed by atoms with Crippen LogP contribution in [0.25, 0.3) is 0 Å². The van der Waals surface area contributed by atoms with Crippen LogP contribution in [0.2, 0.25) is 0 Å². The summed E-state index contributed by atoms with van der Waals surface area (Å²) < 4.78 is 0. The molecule has 1 atom stereocenters. The highest BCUT2D eigenvalue weighted by molar-refractivity contribution is 5.86. The van der Waals surface area contributed by atoms with Gasteiger partial charge in [-0.1, -0.05) is 6.92 Å². The number of hydrogen-bond donors (Lipinski definition) is 3. The Morgan fingerprint density at radius 1 is 1.32 bits per heavy atom. The topological polar surface area (TPSA) is 107 Å². The summed E-state index contributed by atoms with van der Waals surface area (Å²) >= 11 is 0. The van der Waals surface area contributed by atoms with Gasteiger partial charge in [-0.05, 0) is 25.2 Å². The van der Waals surface area contributed by atoms with Crippen molar-refractivity contribution in [2.45, 2.75) is 38.6 Å². The van der Waals surface area contributed by atoms with Crippen LogP contribution in [0.4, 0.5) is 4.79 Å². The summed E-state index contributed by atoms with van der Waals surface area (Å²) in [6.07, 6.45) is 2.33. The summed E-state index contributed by atoms with van der Waals surface area (Å²) in [5.41, 5.74) is 0. The molecule has 1 fully saturated rings. The lowest BCUT2D eigenvalue weighted by Gasteiger charge is -2.24. The van der Waals surface area contributed by atoms with Gasteiger partial charge in [-0.3, -0.25) is 4.79 Å². The van der Waals surface area contributed by atoms with E-state index >= 15 is 0 Å². The third-order valence-corrected chi connectivity index (χ3v) is 2.93. The lowest BCUT2D eigenvalue weighted by Crippen LogP contribution is -2.49. The van der Waals surface area contributed by atoms with Crippen molar-refractivity contribution >= 4 is 18.0 Å². The van der Waals surface area contributed by atoms with E-state index in [9.17, 15) is 14.4 Å². The molecule has 0 aromatic rings. The zero-order chi connectivity index (χ0) is 14.4. The normalized spacial score (nSPS) is 15.6. The average molecular weight is 272 g/mol. The fourth-order valence-corrected chi connectivity index (χ4v) is 1.77. The Labute approximate surface area is 111 Å². The molecule has 0 spiro atoms. The second-order valence-corrected chi connectivity index (χ2v) is 4.83. The van der Waals surface area contributed by atoms with Gasteiger partial charge in [0.25, 0.3) is 0 Å². The van der Waals surface area contributed by atoms with Gasteiger partial charge in [0.15, 0.2) is 0 Å². The summed E-state index contributed by atoms with van der Waals surface area (Å²) in [5, 5.41) is 19.8. The number of carboxylic acids is 2. The zero-order valence-corrected chi connectivity index (χ0v) is 11.0. The molecule has 19 heavy (non-hydrogen) atoms. The van der Waals surface area contributed by atoms with E-state index in [0.29, 0.717) is 19.0 Å². The summed E-state index contributed by atoms with van der Waals surface area (Å²) in [6, 6.07) is -1.88. The SMILES string of the molecule is CCCN(CC1CC1)C(=O)N[C@@H](CC(=O)O)C(=O)O. The third-order valence-electron chi connectivity index (χ3n) is 2.93. The smallest absolute Gasteiger partial charge is 0.326 e. The Bertz CT molecular complexity index is 354. The molecule has 0 aromatic carbocycles. The van der Waals surface area contributed by atoms with Crippen molar-refractivity contribution in [1.82, 2.24) is 10.2 Å². The molecule has 0 heterocycles. The van der Waals surface area contributed by atoms with E-state index in [1.54, 1.807) is 4.90 Å². The van der Waals surface area contributed by atoms with Crippen LogP contribution in [-0.4, -0.2) is 52.2 Å². The van der Waals surface area contributed by atoms with E-state index in [0.717, 1.165) is 19.3 Å². The van der Waals surface area contributed by atoms with E-state index in [1.807, 2.05) is 6.92 Å². The Morgan fingerprint density at radius 2 is 1.95 bits per heavy atom. The van der Waals surface area contributed by atoms with Crippen LogP contribution in [0.5, 0.6) is 0 Å². The van der Waals surface area contributed by atoms with E-state index in [4.69, 9.17) is 10.2 Å². The maximum atomic E-state index is 12.0. The molecule has 0 bridgehead atoms. The van der Waals surface area contributed by atoms with Gasteiger partial charge >= 0.3 is 18.0 Å². The minimum atomic E-state index is -1.39. The van der Waals surface area contributed by atoms with Crippen LogP contribution in [0, 0.1) is 5.92 Å². The molecule has 1 aliphatic carbocycles. The van der Waals surface area contributed by atoms with Gasteiger partial charge in [-0.2, -0.15) is 0 Å². The zero-order valence-electron chi connectivity index (χ0n) is 11.0. The van der Waals surface area contributed by atoms with Gasteiger partial charge in [0.1, 0.15) is 6.04 Å². The molecule has 7 heteroatoms. The van der Waals surface area contributed by atoms with Crippen LogP contribution in [0.15, 0.2) is 0 Å². The van der Waals surface area contributed by atoms with E-state index in [1.165, 1.54) is 0 Å². The first-order valence-electron chi connectivity index (χ1n) is 6.44. The highest BCUT2D eigenvalue weighted by Gasteiger charge is 2.29. The van der Waals surface area contributed by atoms with Crippen LogP contribution in [-0.2, 0) is 9.59 Å². The van der Waals surface area contributed by atoms with Crippen molar-refractivity contribution in [3.63, 3.8) is 0 Å². The van der Waals surface area contributed by atoms with Gasteiger partial charge in [0, 0.05) is 13.1 Å². The van der Waals surface area contributed by atoms with Crippen molar-refractivity contribution in [2.24, 2.45) is 5.92 Å². The number of rotatable bonds is 8. The molecule has 0 radical (unpaired) electrons. The van der Waals surface area contributed by atoms with Crippen molar-refractivity contribution in [3.05, 3.63) is 0 Å². The molecule has 1 rings (SSSR count). The minimum absolute atomic E-state index is 0.498. The molecule has 0 aliphatic heterocycles. The van der Waals surface area contributed by atoms with Crippen molar-refractivity contribution in [1.29, 1.82) is 0 Å². The Kier molecular flexibility index (Phi) is 5.59.